The number of para-hydroxylation sites is 1. The number of esters is 1. The molecule has 1 aliphatic rings. The van der Waals surface area contributed by atoms with Crippen molar-refractivity contribution in [3.8, 4) is 0 Å². The third-order valence-corrected chi connectivity index (χ3v) is 7.15. The zero-order valence-corrected chi connectivity index (χ0v) is 18.2. The van der Waals surface area contributed by atoms with Crippen molar-refractivity contribution < 1.29 is 27.5 Å². The van der Waals surface area contributed by atoms with Crippen LogP contribution < -0.4 is 4.80 Å². The van der Waals surface area contributed by atoms with Crippen molar-refractivity contribution in [3.05, 3.63) is 29.1 Å². The summed E-state index contributed by atoms with van der Waals surface area (Å²) in [6, 6.07) is 7.17. The molecule has 30 heavy (non-hydrogen) atoms. The highest BCUT2D eigenvalue weighted by molar-refractivity contribution is 7.92. The number of carbonyl (C=O) groups excluding carboxylic acids is 3. The Kier molecular flexibility index (Phi) is 7.03. The zero-order chi connectivity index (χ0) is 21.7. The molecule has 11 heteroatoms. The summed E-state index contributed by atoms with van der Waals surface area (Å²) in [4.78, 5) is 42.0. The molecule has 0 aliphatic carbocycles. The average Bonchev–Trinajstić information content (AvgIpc) is 3.04. The number of carbonyl (C=O) groups is 3. The Morgan fingerprint density at radius 1 is 1.10 bits per heavy atom. The largest absolute Gasteiger partial charge is 0.468 e. The van der Waals surface area contributed by atoms with Crippen LogP contribution in [0.25, 0.3) is 10.2 Å². The number of sulfone groups is 1. The number of methoxy groups -OCH3 is 1. The van der Waals surface area contributed by atoms with Crippen molar-refractivity contribution in [2.75, 3.05) is 31.7 Å². The third kappa shape index (κ3) is 5.54. The van der Waals surface area contributed by atoms with Gasteiger partial charge in [-0.15, -0.1) is 0 Å². The molecular formula is C19H23N3O6S2. The number of piperidine rings is 1. The minimum Gasteiger partial charge on any atom is -0.468 e. The first-order valence-electron chi connectivity index (χ1n) is 9.50. The summed E-state index contributed by atoms with van der Waals surface area (Å²) < 4.78 is 31.7. The lowest BCUT2D eigenvalue weighted by Gasteiger charge is -2.26. The van der Waals surface area contributed by atoms with Crippen molar-refractivity contribution in [1.29, 1.82) is 0 Å². The van der Waals surface area contributed by atoms with E-state index in [9.17, 15) is 22.8 Å². The van der Waals surface area contributed by atoms with E-state index in [0.29, 0.717) is 18.6 Å². The van der Waals surface area contributed by atoms with E-state index in [2.05, 4.69) is 4.99 Å². The molecule has 0 N–H and O–H groups in total. The Labute approximate surface area is 177 Å². The molecule has 0 spiro atoms. The summed E-state index contributed by atoms with van der Waals surface area (Å²) in [6.07, 6.45) is 2.73. The molecule has 3 rings (SSSR count). The summed E-state index contributed by atoms with van der Waals surface area (Å²) >= 11 is 1.17. The maximum atomic E-state index is 12.4. The molecule has 2 amide bonds. The fraction of sp³-hybridized carbons (Fsp3) is 0.474. The Bertz CT molecular complexity index is 1130. The molecular weight excluding hydrogens is 430 g/mol. The Hall–Kier alpha value is -2.53. The highest BCUT2D eigenvalue weighted by atomic mass is 32.2. The van der Waals surface area contributed by atoms with Crippen molar-refractivity contribution >= 4 is 49.2 Å². The molecule has 0 unspecified atom stereocenters. The second-order valence-corrected chi connectivity index (χ2v) is 10.1. The first-order chi connectivity index (χ1) is 14.3. The lowest BCUT2D eigenvalue weighted by atomic mass is 10.1. The molecule has 1 aromatic carbocycles. The second kappa shape index (κ2) is 9.52. The van der Waals surface area contributed by atoms with Gasteiger partial charge in [-0.1, -0.05) is 23.5 Å². The van der Waals surface area contributed by atoms with Gasteiger partial charge >= 0.3 is 5.97 Å². The molecule has 0 saturated carbocycles. The van der Waals surface area contributed by atoms with Gasteiger partial charge in [-0.25, -0.2) is 8.42 Å². The van der Waals surface area contributed by atoms with Gasteiger partial charge in [0.1, 0.15) is 18.1 Å². The van der Waals surface area contributed by atoms with Gasteiger partial charge in [0, 0.05) is 13.1 Å². The van der Waals surface area contributed by atoms with E-state index < -0.39 is 39.1 Å². The SMILES string of the molecule is COC(=O)Cn1c(=NC(=O)CS(=O)(=O)CC(=O)N2CCCCC2)sc2ccccc21. The monoisotopic (exact) mass is 453 g/mol. The van der Waals surface area contributed by atoms with Crippen LogP contribution >= 0.6 is 11.3 Å². The summed E-state index contributed by atoms with van der Waals surface area (Å²) in [7, 11) is -2.70. The van der Waals surface area contributed by atoms with Crippen molar-refractivity contribution in [1.82, 2.24) is 9.47 Å². The molecule has 1 fully saturated rings. The van der Waals surface area contributed by atoms with E-state index in [0.717, 1.165) is 24.0 Å². The molecule has 2 heterocycles. The molecule has 162 valence electrons. The van der Waals surface area contributed by atoms with Gasteiger partial charge in [0.05, 0.1) is 17.3 Å². The van der Waals surface area contributed by atoms with Crippen LogP contribution in [0.15, 0.2) is 29.3 Å². The third-order valence-electron chi connectivity index (χ3n) is 4.72. The summed E-state index contributed by atoms with van der Waals surface area (Å²) in [6.45, 7) is 0.927. The molecule has 0 atom stereocenters. The average molecular weight is 454 g/mol. The van der Waals surface area contributed by atoms with Gasteiger partial charge < -0.3 is 14.2 Å². The minimum absolute atomic E-state index is 0.160. The predicted molar refractivity (Wildman–Crippen MR) is 111 cm³/mol. The zero-order valence-electron chi connectivity index (χ0n) is 16.6. The molecule has 1 aromatic heterocycles. The van der Waals surface area contributed by atoms with Gasteiger partial charge in [0.2, 0.25) is 5.91 Å². The Morgan fingerprint density at radius 2 is 1.80 bits per heavy atom. The number of thiazole rings is 1. The van der Waals surface area contributed by atoms with Crippen LogP contribution in [0.2, 0.25) is 0 Å². The number of aromatic nitrogens is 1. The van der Waals surface area contributed by atoms with Crippen LogP contribution in [0.3, 0.4) is 0 Å². The van der Waals surface area contributed by atoms with E-state index in [1.807, 2.05) is 12.1 Å². The van der Waals surface area contributed by atoms with Crippen LogP contribution in [0.4, 0.5) is 0 Å². The molecule has 2 aromatic rings. The van der Waals surface area contributed by atoms with Crippen LogP contribution in [0.1, 0.15) is 19.3 Å². The Morgan fingerprint density at radius 3 is 2.50 bits per heavy atom. The first-order valence-corrected chi connectivity index (χ1v) is 12.1. The maximum absolute atomic E-state index is 12.4. The summed E-state index contributed by atoms with van der Waals surface area (Å²) in [5, 5.41) is 0. The number of amides is 2. The molecule has 1 saturated heterocycles. The van der Waals surface area contributed by atoms with E-state index in [-0.39, 0.29) is 11.3 Å². The van der Waals surface area contributed by atoms with Gasteiger partial charge in [0.15, 0.2) is 14.6 Å². The van der Waals surface area contributed by atoms with Crippen LogP contribution in [0, 0.1) is 0 Å². The van der Waals surface area contributed by atoms with E-state index in [1.54, 1.807) is 12.1 Å². The number of benzene rings is 1. The van der Waals surface area contributed by atoms with E-state index in [1.165, 1.54) is 27.9 Å². The molecule has 0 bridgehead atoms. The smallest absolute Gasteiger partial charge is 0.325 e. The standard InChI is InChI=1S/C19H23N3O6S2/c1-28-18(25)11-22-14-7-3-4-8-15(14)29-19(22)20-16(23)12-30(26,27)13-17(24)21-9-5-2-6-10-21/h3-4,7-8H,2,5-6,9-13H2,1H3. The van der Waals surface area contributed by atoms with Crippen LogP contribution in [-0.2, 0) is 35.5 Å². The molecule has 9 nitrogen and oxygen atoms in total. The number of fused-ring (bicyclic) bond motifs is 1. The predicted octanol–water partition coefficient (Wildman–Crippen LogP) is 0.730. The van der Waals surface area contributed by atoms with Crippen LogP contribution in [0.5, 0.6) is 0 Å². The lowest BCUT2D eigenvalue weighted by Crippen LogP contribution is -2.40. The normalized spacial score (nSPS) is 15.4. The summed E-state index contributed by atoms with van der Waals surface area (Å²) in [5.74, 6) is -3.45. The van der Waals surface area contributed by atoms with Crippen molar-refractivity contribution in [2.45, 2.75) is 25.8 Å². The topological polar surface area (TPSA) is 115 Å². The molecule has 1 aliphatic heterocycles. The van der Waals surface area contributed by atoms with Gasteiger partial charge in [0.25, 0.3) is 5.91 Å². The first kappa shape index (κ1) is 22.2. The number of hydrogen-bond donors (Lipinski definition) is 0. The number of nitrogens with zero attached hydrogens (tertiary/aromatic N) is 3. The second-order valence-electron chi connectivity index (χ2n) is 6.99. The quantitative estimate of drug-likeness (QED) is 0.596. The Balaban J connectivity index is 1.80. The fourth-order valence-electron chi connectivity index (χ4n) is 3.25. The van der Waals surface area contributed by atoms with E-state index >= 15 is 0 Å². The van der Waals surface area contributed by atoms with Gasteiger partial charge in [-0.3, -0.25) is 14.4 Å². The highest BCUT2D eigenvalue weighted by Crippen LogP contribution is 2.17. The van der Waals surface area contributed by atoms with Gasteiger partial charge in [-0.2, -0.15) is 4.99 Å². The number of hydrogen-bond acceptors (Lipinski definition) is 7. The van der Waals surface area contributed by atoms with Gasteiger partial charge in [-0.05, 0) is 31.4 Å². The molecule has 0 radical (unpaired) electrons. The minimum atomic E-state index is -3.95. The highest BCUT2D eigenvalue weighted by Gasteiger charge is 2.25. The maximum Gasteiger partial charge on any atom is 0.325 e. The fourth-order valence-corrected chi connectivity index (χ4v) is 5.40. The number of rotatable bonds is 6. The van der Waals surface area contributed by atoms with Crippen LogP contribution in [-0.4, -0.2) is 67.4 Å². The number of likely N-dealkylation sites (tertiary alicyclic amines) is 1. The van der Waals surface area contributed by atoms with Crippen molar-refractivity contribution in [2.24, 2.45) is 4.99 Å². The van der Waals surface area contributed by atoms with E-state index in [4.69, 9.17) is 4.74 Å². The summed E-state index contributed by atoms with van der Waals surface area (Å²) in [5.41, 5.74) is 0.683. The number of ether oxygens (including phenoxy) is 1. The lowest BCUT2D eigenvalue weighted by molar-refractivity contribution is -0.141. The van der Waals surface area contributed by atoms with Crippen molar-refractivity contribution in [3.63, 3.8) is 0 Å².